The highest BCUT2D eigenvalue weighted by Crippen LogP contribution is 2.20. The normalized spacial score (nSPS) is 12.8. The molecule has 1 atom stereocenters. The van der Waals surface area contributed by atoms with Gasteiger partial charge in [0.05, 0.1) is 13.2 Å². The minimum atomic E-state index is -0.963. The van der Waals surface area contributed by atoms with Crippen molar-refractivity contribution < 1.29 is 19.4 Å². The lowest BCUT2D eigenvalue weighted by Gasteiger charge is -2.07. The van der Waals surface area contributed by atoms with Crippen molar-refractivity contribution in [2.75, 3.05) is 7.11 Å². The number of carbonyl (C=O) groups excluding carboxylic acids is 2. The van der Waals surface area contributed by atoms with E-state index in [0.717, 1.165) is 16.7 Å². The fourth-order valence-electron chi connectivity index (χ4n) is 2.41. The Morgan fingerprint density at radius 2 is 1.65 bits per heavy atom. The predicted molar refractivity (Wildman–Crippen MR) is 102 cm³/mol. The summed E-state index contributed by atoms with van der Waals surface area (Å²) < 4.78 is 4.46. The summed E-state index contributed by atoms with van der Waals surface area (Å²) in [5.41, 5.74) is 2.95. The van der Waals surface area contributed by atoms with Crippen molar-refractivity contribution in [2.24, 2.45) is 0 Å². The van der Waals surface area contributed by atoms with E-state index in [0.29, 0.717) is 0 Å². The van der Waals surface area contributed by atoms with Crippen molar-refractivity contribution in [3.8, 4) is 0 Å². The summed E-state index contributed by atoms with van der Waals surface area (Å²) in [6, 6.07) is 19.6. The Kier molecular flexibility index (Phi) is 7.52. The van der Waals surface area contributed by atoms with Gasteiger partial charge in [0, 0.05) is 6.42 Å². The monoisotopic (exact) mass is 350 g/mol. The molecular formula is C22H22O4. The van der Waals surface area contributed by atoms with E-state index in [-0.39, 0.29) is 18.6 Å². The van der Waals surface area contributed by atoms with Gasteiger partial charge in [-0.1, -0.05) is 72.8 Å². The molecule has 2 aromatic carbocycles. The first-order valence-corrected chi connectivity index (χ1v) is 8.35. The van der Waals surface area contributed by atoms with Crippen LogP contribution in [0.2, 0.25) is 0 Å². The molecule has 2 aromatic rings. The standard InChI is InChI=1S/C22H22O4/c1-26-22(25)16-21(24)15-20(23)13-12-19(18-10-6-3-7-11-18)14-17-8-4-2-5-9-17/h2-14,20,23H,15-16H2,1H3/b13-12+,19-14-. The van der Waals surface area contributed by atoms with Crippen molar-refractivity contribution in [1.29, 1.82) is 0 Å². The number of ketones is 1. The van der Waals surface area contributed by atoms with Gasteiger partial charge in [-0.25, -0.2) is 0 Å². The van der Waals surface area contributed by atoms with Crippen LogP contribution in [0.15, 0.2) is 72.8 Å². The predicted octanol–water partition coefficient (Wildman–Crippen LogP) is 3.67. The Morgan fingerprint density at radius 3 is 2.27 bits per heavy atom. The van der Waals surface area contributed by atoms with Crippen molar-refractivity contribution in [1.82, 2.24) is 0 Å². The SMILES string of the molecule is COC(=O)CC(=O)CC(O)/C=C/C(=C/c1ccccc1)c1ccccc1. The molecule has 0 bridgehead atoms. The largest absolute Gasteiger partial charge is 0.469 e. The molecule has 1 unspecified atom stereocenters. The Bertz CT molecular complexity index is 776. The molecular weight excluding hydrogens is 328 g/mol. The number of Topliss-reactive ketones (excluding diaryl/α,β-unsaturated/α-hetero) is 1. The van der Waals surface area contributed by atoms with Crippen molar-refractivity contribution in [3.63, 3.8) is 0 Å². The number of aliphatic hydroxyl groups is 1. The highest BCUT2D eigenvalue weighted by atomic mass is 16.5. The number of ether oxygens (including phenoxy) is 1. The average Bonchev–Trinajstić information content (AvgIpc) is 2.66. The van der Waals surface area contributed by atoms with Gasteiger partial charge >= 0.3 is 5.97 Å². The first kappa shape index (κ1) is 19.3. The van der Waals surface area contributed by atoms with Crippen LogP contribution in [0.1, 0.15) is 24.0 Å². The molecule has 26 heavy (non-hydrogen) atoms. The summed E-state index contributed by atoms with van der Waals surface area (Å²) in [6.07, 6.45) is 3.95. The van der Waals surface area contributed by atoms with E-state index in [4.69, 9.17) is 0 Å². The lowest BCUT2D eigenvalue weighted by atomic mass is 10.0. The van der Waals surface area contributed by atoms with Crippen LogP contribution in [0.4, 0.5) is 0 Å². The van der Waals surface area contributed by atoms with Crippen molar-refractivity contribution in [2.45, 2.75) is 18.9 Å². The molecule has 0 aliphatic rings. The van der Waals surface area contributed by atoms with E-state index in [9.17, 15) is 14.7 Å². The van der Waals surface area contributed by atoms with Crippen LogP contribution in [-0.4, -0.2) is 30.1 Å². The van der Waals surface area contributed by atoms with Gasteiger partial charge in [-0.15, -0.1) is 0 Å². The van der Waals surface area contributed by atoms with E-state index in [2.05, 4.69) is 4.74 Å². The zero-order valence-corrected chi connectivity index (χ0v) is 14.7. The lowest BCUT2D eigenvalue weighted by Crippen LogP contribution is -2.15. The number of benzene rings is 2. The van der Waals surface area contributed by atoms with E-state index in [1.165, 1.54) is 7.11 Å². The second-order valence-electron chi connectivity index (χ2n) is 5.80. The molecule has 0 saturated carbocycles. The Balaban J connectivity index is 2.14. The summed E-state index contributed by atoms with van der Waals surface area (Å²) in [5.74, 6) is -0.956. The number of allylic oxidation sites excluding steroid dienone is 2. The van der Waals surface area contributed by atoms with Crippen LogP contribution < -0.4 is 0 Å². The van der Waals surface area contributed by atoms with E-state index < -0.39 is 12.1 Å². The highest BCUT2D eigenvalue weighted by molar-refractivity contribution is 5.95. The van der Waals surface area contributed by atoms with Gasteiger partial charge < -0.3 is 9.84 Å². The third-order valence-electron chi connectivity index (χ3n) is 3.73. The first-order valence-electron chi connectivity index (χ1n) is 8.35. The zero-order chi connectivity index (χ0) is 18.8. The molecule has 4 heteroatoms. The number of esters is 1. The van der Waals surface area contributed by atoms with Crippen LogP contribution >= 0.6 is 0 Å². The van der Waals surface area contributed by atoms with Gasteiger partial charge in [0.2, 0.25) is 0 Å². The number of methoxy groups -OCH3 is 1. The van der Waals surface area contributed by atoms with Crippen LogP contribution in [-0.2, 0) is 14.3 Å². The molecule has 0 heterocycles. The molecule has 0 saturated heterocycles. The van der Waals surface area contributed by atoms with Gasteiger partial charge in [-0.05, 0) is 22.8 Å². The molecule has 0 amide bonds. The van der Waals surface area contributed by atoms with Crippen LogP contribution in [0.5, 0.6) is 0 Å². The topological polar surface area (TPSA) is 63.6 Å². The second kappa shape index (κ2) is 10.1. The first-order chi connectivity index (χ1) is 12.6. The third kappa shape index (κ3) is 6.49. The quantitative estimate of drug-likeness (QED) is 0.341. The number of rotatable bonds is 8. The van der Waals surface area contributed by atoms with Crippen LogP contribution in [0, 0.1) is 0 Å². The summed E-state index contributed by atoms with van der Waals surface area (Å²) in [4.78, 5) is 22.8. The average molecular weight is 350 g/mol. The molecule has 134 valence electrons. The van der Waals surface area contributed by atoms with E-state index in [1.54, 1.807) is 12.2 Å². The minimum absolute atomic E-state index is 0.126. The minimum Gasteiger partial charge on any atom is -0.469 e. The van der Waals surface area contributed by atoms with Crippen molar-refractivity contribution >= 4 is 23.4 Å². The maximum atomic E-state index is 11.7. The molecule has 0 fully saturated rings. The Morgan fingerprint density at radius 1 is 1.04 bits per heavy atom. The van der Waals surface area contributed by atoms with Gasteiger partial charge in [0.25, 0.3) is 0 Å². The molecule has 0 aliphatic carbocycles. The van der Waals surface area contributed by atoms with Gasteiger partial charge in [-0.3, -0.25) is 9.59 Å². The number of hydrogen-bond acceptors (Lipinski definition) is 4. The Labute approximate surface area is 153 Å². The number of aliphatic hydroxyl groups excluding tert-OH is 1. The third-order valence-corrected chi connectivity index (χ3v) is 3.73. The van der Waals surface area contributed by atoms with Crippen LogP contribution in [0.3, 0.4) is 0 Å². The fraction of sp³-hybridized carbons (Fsp3) is 0.182. The summed E-state index contributed by atoms with van der Waals surface area (Å²) >= 11 is 0. The molecule has 2 rings (SSSR count). The lowest BCUT2D eigenvalue weighted by molar-refractivity contribution is -0.143. The molecule has 1 N–H and O–H groups in total. The molecule has 0 radical (unpaired) electrons. The maximum absolute atomic E-state index is 11.7. The van der Waals surface area contributed by atoms with Crippen molar-refractivity contribution in [3.05, 3.63) is 83.9 Å². The van der Waals surface area contributed by atoms with Gasteiger partial charge in [0.15, 0.2) is 0 Å². The van der Waals surface area contributed by atoms with Gasteiger partial charge in [0.1, 0.15) is 12.2 Å². The smallest absolute Gasteiger partial charge is 0.313 e. The summed E-state index contributed by atoms with van der Waals surface area (Å²) in [5, 5.41) is 10.1. The zero-order valence-electron chi connectivity index (χ0n) is 14.7. The molecule has 0 aromatic heterocycles. The molecule has 4 nitrogen and oxygen atoms in total. The fourth-order valence-corrected chi connectivity index (χ4v) is 2.41. The maximum Gasteiger partial charge on any atom is 0.313 e. The van der Waals surface area contributed by atoms with Crippen LogP contribution in [0.25, 0.3) is 11.6 Å². The summed E-state index contributed by atoms with van der Waals surface area (Å²) in [6.45, 7) is 0. The molecule has 0 aliphatic heterocycles. The second-order valence-corrected chi connectivity index (χ2v) is 5.80. The molecule has 0 spiro atoms. The number of hydrogen-bond donors (Lipinski definition) is 1. The Hall–Kier alpha value is -2.98. The van der Waals surface area contributed by atoms with Gasteiger partial charge in [-0.2, -0.15) is 0 Å². The number of carbonyl (C=O) groups is 2. The summed E-state index contributed by atoms with van der Waals surface area (Å²) in [7, 11) is 1.23. The highest BCUT2D eigenvalue weighted by Gasteiger charge is 2.13. The van der Waals surface area contributed by atoms with E-state index in [1.807, 2.05) is 66.7 Å². The van der Waals surface area contributed by atoms with E-state index >= 15 is 0 Å².